The summed E-state index contributed by atoms with van der Waals surface area (Å²) >= 11 is 0. The number of fused-ring (bicyclic) bond motifs is 2. The number of pyridine rings is 1. The van der Waals surface area contributed by atoms with Crippen LogP contribution in [-0.4, -0.2) is 40.7 Å². The van der Waals surface area contributed by atoms with Crippen molar-refractivity contribution in [1.29, 1.82) is 0 Å². The van der Waals surface area contributed by atoms with Gasteiger partial charge in [0.2, 0.25) is 0 Å². The number of β-amino-alcohol motifs (C(OH)–C–C–N with tert-alkyl or cyclic N) is 1. The Balaban J connectivity index is 1.29. The quantitative estimate of drug-likeness (QED) is 0.627. The molecule has 1 aliphatic rings. The molecule has 0 amide bonds. The van der Waals surface area contributed by atoms with Gasteiger partial charge in [0.25, 0.3) is 5.56 Å². The summed E-state index contributed by atoms with van der Waals surface area (Å²) in [6.45, 7) is 3.40. The number of rotatable bonds is 6. The first-order valence-corrected chi connectivity index (χ1v) is 9.48. The second-order valence-corrected chi connectivity index (χ2v) is 7.25. The molecule has 1 atom stereocenters. The largest absolute Gasteiger partial charge is 0.390 e. The van der Waals surface area contributed by atoms with Gasteiger partial charge in [-0.25, -0.2) is 0 Å². The Hall–Kier alpha value is -2.47. The summed E-state index contributed by atoms with van der Waals surface area (Å²) < 4.78 is 0. The zero-order valence-electron chi connectivity index (χ0n) is 15.3. The normalized spacial score (nSPS) is 15.6. The first-order valence-electron chi connectivity index (χ1n) is 9.48. The van der Waals surface area contributed by atoms with E-state index in [2.05, 4.69) is 39.5 Å². The Morgan fingerprint density at radius 2 is 1.89 bits per heavy atom. The van der Waals surface area contributed by atoms with Gasteiger partial charge in [-0.2, -0.15) is 0 Å². The first-order chi connectivity index (χ1) is 13.2. The highest BCUT2D eigenvalue weighted by molar-refractivity contribution is 5.78. The number of para-hydroxylation sites is 1. The summed E-state index contributed by atoms with van der Waals surface area (Å²) in [6, 6.07) is 18.2. The van der Waals surface area contributed by atoms with E-state index in [0.29, 0.717) is 25.2 Å². The van der Waals surface area contributed by atoms with E-state index < -0.39 is 6.10 Å². The molecule has 3 aromatic rings. The van der Waals surface area contributed by atoms with Gasteiger partial charge in [-0.1, -0.05) is 42.5 Å². The van der Waals surface area contributed by atoms with Crippen LogP contribution >= 0.6 is 0 Å². The Labute approximate surface area is 158 Å². The van der Waals surface area contributed by atoms with Gasteiger partial charge in [-0.05, 0) is 35.1 Å². The lowest BCUT2D eigenvalue weighted by molar-refractivity contribution is 0.104. The van der Waals surface area contributed by atoms with E-state index in [1.165, 1.54) is 11.1 Å². The predicted octanol–water partition coefficient (Wildman–Crippen LogP) is 2.04. The number of benzene rings is 2. The third-order valence-electron chi connectivity index (χ3n) is 5.20. The van der Waals surface area contributed by atoms with Crippen LogP contribution in [0.15, 0.2) is 59.4 Å². The molecule has 1 unspecified atom stereocenters. The molecule has 4 rings (SSSR count). The van der Waals surface area contributed by atoms with Gasteiger partial charge in [-0.3, -0.25) is 9.69 Å². The Kier molecular flexibility index (Phi) is 5.34. The number of nitrogens with zero attached hydrogens (tertiary/aromatic N) is 1. The molecule has 2 aromatic carbocycles. The molecule has 0 bridgehead atoms. The van der Waals surface area contributed by atoms with Crippen molar-refractivity contribution >= 4 is 10.9 Å². The second kappa shape index (κ2) is 8.05. The van der Waals surface area contributed by atoms with Crippen LogP contribution in [0.2, 0.25) is 0 Å². The lowest BCUT2D eigenvalue weighted by Gasteiger charge is -2.30. The van der Waals surface area contributed by atoms with Crippen molar-refractivity contribution in [2.75, 3.05) is 19.6 Å². The van der Waals surface area contributed by atoms with Crippen molar-refractivity contribution in [1.82, 2.24) is 15.2 Å². The van der Waals surface area contributed by atoms with E-state index in [4.69, 9.17) is 0 Å². The minimum atomic E-state index is -0.463. The van der Waals surface area contributed by atoms with Crippen LogP contribution in [0, 0.1) is 0 Å². The van der Waals surface area contributed by atoms with Crippen molar-refractivity contribution in [3.05, 3.63) is 81.6 Å². The van der Waals surface area contributed by atoms with Gasteiger partial charge in [0.1, 0.15) is 0 Å². The van der Waals surface area contributed by atoms with Crippen molar-refractivity contribution in [3.8, 4) is 0 Å². The minimum absolute atomic E-state index is 0.0803. The van der Waals surface area contributed by atoms with Crippen LogP contribution in [0.1, 0.15) is 16.7 Å². The highest BCUT2D eigenvalue weighted by Gasteiger charge is 2.18. The summed E-state index contributed by atoms with van der Waals surface area (Å²) in [5, 5.41) is 14.6. The van der Waals surface area contributed by atoms with Crippen molar-refractivity contribution < 1.29 is 5.11 Å². The Morgan fingerprint density at radius 1 is 1.11 bits per heavy atom. The van der Waals surface area contributed by atoms with Crippen LogP contribution in [0.5, 0.6) is 0 Å². The van der Waals surface area contributed by atoms with Crippen LogP contribution in [-0.2, 0) is 19.5 Å². The van der Waals surface area contributed by atoms with Crippen molar-refractivity contribution in [2.45, 2.75) is 25.6 Å². The van der Waals surface area contributed by atoms with Gasteiger partial charge in [0.15, 0.2) is 0 Å². The molecule has 0 radical (unpaired) electrons. The zero-order chi connectivity index (χ0) is 18.6. The zero-order valence-corrected chi connectivity index (χ0v) is 15.3. The SMILES string of the molecule is O=c1[nH]c2ccccc2cc1CNCC(O)CN1CCc2ccccc2C1. The molecule has 27 heavy (non-hydrogen) atoms. The third kappa shape index (κ3) is 4.27. The van der Waals surface area contributed by atoms with Gasteiger partial charge in [-0.15, -0.1) is 0 Å². The number of H-pyrrole nitrogens is 1. The summed E-state index contributed by atoms with van der Waals surface area (Å²) in [5.41, 5.74) is 4.22. The standard InChI is InChI=1S/C22H25N3O2/c26-20(15-25-10-9-16-5-1-2-7-18(16)14-25)13-23-12-19-11-17-6-3-4-8-21(17)24-22(19)27/h1-8,11,20,23,26H,9-10,12-15H2,(H,24,27). The van der Waals surface area contributed by atoms with Gasteiger partial charge in [0, 0.05) is 43.8 Å². The van der Waals surface area contributed by atoms with E-state index in [9.17, 15) is 9.90 Å². The Morgan fingerprint density at radius 3 is 2.78 bits per heavy atom. The number of aromatic nitrogens is 1. The molecule has 5 nitrogen and oxygen atoms in total. The molecule has 1 aromatic heterocycles. The Bertz CT molecular complexity index is 982. The number of hydrogen-bond donors (Lipinski definition) is 3. The average Bonchev–Trinajstić information content (AvgIpc) is 2.68. The molecular weight excluding hydrogens is 338 g/mol. The summed E-state index contributed by atoms with van der Waals surface area (Å²) in [6.07, 6.45) is 0.567. The fourth-order valence-corrected chi connectivity index (χ4v) is 3.77. The molecule has 3 N–H and O–H groups in total. The molecular formula is C22H25N3O2. The van der Waals surface area contributed by atoms with Crippen LogP contribution in [0.25, 0.3) is 10.9 Å². The molecule has 5 heteroatoms. The fraction of sp³-hybridized carbons (Fsp3) is 0.318. The smallest absolute Gasteiger partial charge is 0.252 e. The highest BCUT2D eigenvalue weighted by Crippen LogP contribution is 2.18. The van der Waals surface area contributed by atoms with Crippen LogP contribution < -0.4 is 10.9 Å². The molecule has 0 spiro atoms. The predicted molar refractivity (Wildman–Crippen MR) is 108 cm³/mol. The van der Waals surface area contributed by atoms with E-state index >= 15 is 0 Å². The van der Waals surface area contributed by atoms with Crippen molar-refractivity contribution in [3.63, 3.8) is 0 Å². The second-order valence-electron chi connectivity index (χ2n) is 7.25. The van der Waals surface area contributed by atoms with Crippen LogP contribution in [0.4, 0.5) is 0 Å². The lowest BCUT2D eigenvalue weighted by Crippen LogP contribution is -2.40. The molecule has 140 valence electrons. The number of aromatic amines is 1. The molecule has 0 saturated heterocycles. The lowest BCUT2D eigenvalue weighted by atomic mass is 10.00. The topological polar surface area (TPSA) is 68.4 Å². The number of hydrogen-bond acceptors (Lipinski definition) is 4. The van der Waals surface area contributed by atoms with Gasteiger partial charge >= 0.3 is 0 Å². The molecule has 0 aliphatic carbocycles. The summed E-state index contributed by atoms with van der Waals surface area (Å²) in [4.78, 5) is 17.4. The van der Waals surface area contributed by atoms with Gasteiger partial charge in [0.05, 0.1) is 6.10 Å². The summed E-state index contributed by atoms with van der Waals surface area (Å²) in [5.74, 6) is 0. The van der Waals surface area contributed by atoms with Crippen LogP contribution in [0.3, 0.4) is 0 Å². The van der Waals surface area contributed by atoms with Crippen molar-refractivity contribution in [2.24, 2.45) is 0 Å². The number of aliphatic hydroxyl groups excluding tert-OH is 1. The maximum atomic E-state index is 12.2. The van der Waals surface area contributed by atoms with Gasteiger partial charge < -0.3 is 15.4 Å². The average molecular weight is 363 g/mol. The summed E-state index contributed by atoms with van der Waals surface area (Å²) in [7, 11) is 0. The fourth-order valence-electron chi connectivity index (χ4n) is 3.77. The third-order valence-corrected chi connectivity index (χ3v) is 5.20. The maximum Gasteiger partial charge on any atom is 0.252 e. The maximum absolute atomic E-state index is 12.2. The monoisotopic (exact) mass is 363 g/mol. The van der Waals surface area contributed by atoms with E-state index in [1.807, 2.05) is 30.3 Å². The molecule has 0 fully saturated rings. The first kappa shape index (κ1) is 17.9. The van der Waals surface area contributed by atoms with E-state index in [1.54, 1.807) is 0 Å². The van der Waals surface area contributed by atoms with E-state index in [-0.39, 0.29) is 5.56 Å². The highest BCUT2D eigenvalue weighted by atomic mass is 16.3. The number of aliphatic hydroxyl groups is 1. The van der Waals surface area contributed by atoms with E-state index in [0.717, 1.165) is 30.4 Å². The minimum Gasteiger partial charge on any atom is -0.390 e. The molecule has 2 heterocycles. The number of nitrogens with one attached hydrogen (secondary N) is 2. The molecule has 0 saturated carbocycles. The molecule has 1 aliphatic heterocycles.